The van der Waals surface area contributed by atoms with Crippen LogP contribution in [0.5, 0.6) is 0 Å². The van der Waals surface area contributed by atoms with Gasteiger partial charge in [-0.3, -0.25) is 4.21 Å². The molecule has 0 aromatic carbocycles. The molecule has 0 aromatic heterocycles. The number of hydrogen-bond acceptors (Lipinski definition) is 3. The average molecular weight is 218 g/mol. The molecule has 1 saturated carbocycles. The molecule has 0 heterocycles. The van der Waals surface area contributed by atoms with Crippen LogP contribution in [0.25, 0.3) is 0 Å². The summed E-state index contributed by atoms with van der Waals surface area (Å²) in [6.45, 7) is 0. The van der Waals surface area contributed by atoms with Crippen LogP contribution >= 0.6 is 11.8 Å². The molecular weight excluding hydrogens is 203 g/mol. The predicted molar refractivity (Wildman–Crippen MR) is 59.3 cm³/mol. The van der Waals surface area contributed by atoms with Crippen LogP contribution in [0, 0.1) is 5.92 Å². The standard InChI is InChI=1S/C8H15BO2S2/c1-12-8(13(2)10)6-3-4-7(5-6)11-9/h6-8H,3-5H2,1-2H3/t6-,7-,8+,13?/m1/s1. The molecule has 13 heavy (non-hydrogen) atoms. The van der Waals surface area contributed by atoms with Gasteiger partial charge >= 0.3 is 0 Å². The van der Waals surface area contributed by atoms with E-state index in [-0.39, 0.29) is 10.7 Å². The predicted octanol–water partition coefficient (Wildman–Crippen LogP) is 1.32. The van der Waals surface area contributed by atoms with Gasteiger partial charge in [0.1, 0.15) is 0 Å². The Morgan fingerprint density at radius 2 is 2.31 bits per heavy atom. The first-order valence-electron chi connectivity index (χ1n) is 4.39. The molecule has 1 aliphatic rings. The number of hydrogen-bond donors (Lipinski definition) is 0. The van der Waals surface area contributed by atoms with Gasteiger partial charge < -0.3 is 4.65 Å². The summed E-state index contributed by atoms with van der Waals surface area (Å²) in [5, 5.41) is 0. The van der Waals surface area contributed by atoms with Crippen LogP contribution < -0.4 is 0 Å². The van der Waals surface area contributed by atoms with E-state index in [1.807, 2.05) is 6.26 Å². The Bertz CT molecular complexity index is 189. The highest BCUT2D eigenvalue weighted by Gasteiger charge is 2.31. The summed E-state index contributed by atoms with van der Waals surface area (Å²) in [7, 11) is 4.39. The van der Waals surface area contributed by atoms with Gasteiger partial charge in [0.05, 0.1) is 4.58 Å². The summed E-state index contributed by atoms with van der Waals surface area (Å²) in [6, 6.07) is 0. The summed E-state index contributed by atoms with van der Waals surface area (Å²) in [4.78, 5) is 0. The first-order valence-corrected chi connectivity index (χ1v) is 7.30. The van der Waals surface area contributed by atoms with Gasteiger partial charge in [0, 0.05) is 23.2 Å². The van der Waals surface area contributed by atoms with Gasteiger partial charge in [-0.2, -0.15) is 0 Å². The van der Waals surface area contributed by atoms with Crippen molar-refractivity contribution >= 4 is 30.6 Å². The van der Waals surface area contributed by atoms with E-state index in [2.05, 4.69) is 0 Å². The van der Waals surface area contributed by atoms with E-state index >= 15 is 0 Å². The second-order valence-electron chi connectivity index (χ2n) is 3.43. The molecule has 74 valence electrons. The van der Waals surface area contributed by atoms with Crippen molar-refractivity contribution in [3.8, 4) is 0 Å². The summed E-state index contributed by atoms with van der Waals surface area (Å²) < 4.78 is 16.4. The first kappa shape index (κ1) is 11.6. The molecule has 4 atom stereocenters. The van der Waals surface area contributed by atoms with Crippen LogP contribution in [-0.2, 0) is 15.5 Å². The maximum absolute atomic E-state index is 11.4. The Balaban J connectivity index is 2.48. The molecule has 0 bridgehead atoms. The van der Waals surface area contributed by atoms with Crippen molar-refractivity contribution in [3.63, 3.8) is 0 Å². The average Bonchev–Trinajstić information content (AvgIpc) is 2.53. The zero-order chi connectivity index (χ0) is 9.84. The molecule has 0 amide bonds. The molecule has 0 aliphatic heterocycles. The Morgan fingerprint density at radius 3 is 2.69 bits per heavy atom. The molecule has 0 saturated heterocycles. The third kappa shape index (κ3) is 2.99. The Morgan fingerprint density at radius 1 is 1.62 bits per heavy atom. The second-order valence-corrected chi connectivity index (χ2v) is 6.22. The fourth-order valence-corrected chi connectivity index (χ4v) is 4.45. The van der Waals surface area contributed by atoms with Gasteiger partial charge in [-0.25, -0.2) is 0 Å². The fraction of sp³-hybridized carbons (Fsp3) is 1.00. The minimum Gasteiger partial charge on any atom is -0.445 e. The monoisotopic (exact) mass is 218 g/mol. The minimum atomic E-state index is -0.744. The highest BCUT2D eigenvalue weighted by atomic mass is 32.2. The van der Waals surface area contributed by atoms with Gasteiger partial charge in [0.25, 0.3) is 8.05 Å². The van der Waals surface area contributed by atoms with Crippen LogP contribution in [0.4, 0.5) is 0 Å². The highest BCUT2D eigenvalue weighted by molar-refractivity contribution is 8.10. The molecule has 0 aromatic rings. The van der Waals surface area contributed by atoms with Gasteiger partial charge in [0.2, 0.25) is 0 Å². The lowest BCUT2D eigenvalue weighted by atomic mass is 10.1. The Labute approximate surface area is 88.1 Å². The summed E-state index contributed by atoms with van der Waals surface area (Å²) in [6.07, 6.45) is 7.04. The third-order valence-electron chi connectivity index (χ3n) is 2.56. The fourth-order valence-electron chi connectivity index (χ4n) is 1.94. The number of rotatable bonds is 4. The normalized spacial score (nSPS) is 33.1. The first-order chi connectivity index (χ1) is 6.19. The largest absolute Gasteiger partial charge is 0.445 e. The van der Waals surface area contributed by atoms with Crippen molar-refractivity contribution in [1.82, 2.24) is 0 Å². The topological polar surface area (TPSA) is 26.3 Å². The lowest BCUT2D eigenvalue weighted by molar-refractivity contribution is 0.226. The van der Waals surface area contributed by atoms with E-state index in [4.69, 9.17) is 12.7 Å². The van der Waals surface area contributed by atoms with Crippen molar-refractivity contribution in [1.29, 1.82) is 0 Å². The van der Waals surface area contributed by atoms with Crippen LogP contribution in [-0.4, -0.2) is 35.5 Å². The molecule has 2 nitrogen and oxygen atoms in total. The van der Waals surface area contributed by atoms with Crippen LogP contribution in [0.15, 0.2) is 0 Å². The second kappa shape index (κ2) is 5.42. The molecule has 0 N–H and O–H groups in total. The quantitative estimate of drug-likeness (QED) is 0.666. The molecule has 5 heteroatoms. The number of thioether (sulfide) groups is 1. The maximum Gasteiger partial charge on any atom is 0.283 e. The Kier molecular flexibility index (Phi) is 4.83. The van der Waals surface area contributed by atoms with Crippen LogP contribution in [0.1, 0.15) is 19.3 Å². The molecule has 1 unspecified atom stereocenters. The van der Waals surface area contributed by atoms with E-state index in [1.165, 1.54) is 0 Å². The van der Waals surface area contributed by atoms with Crippen molar-refractivity contribution in [3.05, 3.63) is 0 Å². The van der Waals surface area contributed by atoms with E-state index in [0.717, 1.165) is 19.3 Å². The van der Waals surface area contributed by atoms with Gasteiger partial charge in [-0.15, -0.1) is 11.8 Å². The molecule has 1 rings (SSSR count). The van der Waals surface area contributed by atoms with Crippen molar-refractivity contribution in [2.75, 3.05) is 12.5 Å². The van der Waals surface area contributed by atoms with E-state index in [9.17, 15) is 4.21 Å². The summed E-state index contributed by atoms with van der Waals surface area (Å²) in [5.74, 6) is 0.509. The van der Waals surface area contributed by atoms with E-state index in [1.54, 1.807) is 18.0 Å². The van der Waals surface area contributed by atoms with Crippen molar-refractivity contribution in [2.24, 2.45) is 5.92 Å². The summed E-state index contributed by atoms with van der Waals surface area (Å²) in [5.41, 5.74) is 0. The van der Waals surface area contributed by atoms with Gasteiger partial charge in [-0.1, -0.05) is 0 Å². The zero-order valence-corrected chi connectivity index (χ0v) is 9.70. The zero-order valence-electron chi connectivity index (χ0n) is 8.06. The van der Waals surface area contributed by atoms with E-state index in [0.29, 0.717) is 5.92 Å². The molecule has 1 aliphatic carbocycles. The van der Waals surface area contributed by atoms with Crippen LogP contribution in [0.2, 0.25) is 0 Å². The molecular formula is C8H15BO2S2. The Hall–Kier alpha value is 0.525. The molecule has 1 fully saturated rings. The lowest BCUT2D eigenvalue weighted by Gasteiger charge is -2.19. The smallest absolute Gasteiger partial charge is 0.283 e. The van der Waals surface area contributed by atoms with E-state index < -0.39 is 10.8 Å². The van der Waals surface area contributed by atoms with Gasteiger partial charge in [0.15, 0.2) is 0 Å². The molecule has 2 radical (unpaired) electrons. The third-order valence-corrected chi connectivity index (χ3v) is 5.84. The highest BCUT2D eigenvalue weighted by Crippen LogP contribution is 2.35. The van der Waals surface area contributed by atoms with Crippen molar-refractivity contribution in [2.45, 2.75) is 29.9 Å². The van der Waals surface area contributed by atoms with Crippen molar-refractivity contribution < 1.29 is 8.86 Å². The molecule has 0 spiro atoms. The summed E-state index contributed by atoms with van der Waals surface area (Å²) >= 11 is 1.69. The van der Waals surface area contributed by atoms with Gasteiger partial charge in [-0.05, 0) is 31.4 Å². The maximum atomic E-state index is 11.4. The van der Waals surface area contributed by atoms with Crippen LogP contribution in [0.3, 0.4) is 0 Å². The minimum absolute atomic E-state index is 0.184. The lowest BCUT2D eigenvalue weighted by Crippen LogP contribution is -2.20. The SMILES string of the molecule is [B]O[C@@H]1CC[C@@H]([C@@H](SC)S(C)=O)C1.